The lowest BCUT2D eigenvalue weighted by Gasteiger charge is -2.36. The van der Waals surface area contributed by atoms with Crippen LogP contribution >= 0.6 is 0 Å². The second-order valence-electron chi connectivity index (χ2n) is 21.6. The second kappa shape index (κ2) is 21.6. The Labute approximate surface area is 499 Å². The molecule has 12 aromatic rings. The Morgan fingerprint density at radius 1 is 0.310 bits per heavy atom. The molecule has 87 heavy (non-hydrogen) atoms. The normalized spacial score (nSPS) is 15.2. The molecule has 0 spiro atoms. The van der Waals surface area contributed by atoms with Crippen LogP contribution in [0.3, 0.4) is 0 Å². The SMILES string of the molecule is C=Cc1ccc(Oc2ccc(C3(c4cc(F)cc(F)c4F)c4ccccc4-c4ccc(N(c5ccc(-c6ccccc6)cc5)c5ccc6c(c5)C(c5ccc(Oc7ccc(C=C)cc7)cc5)(c5cc(F)cc(F)c5F)c5ccccc5-6)cc43)cc2)cc1. The van der Waals surface area contributed by atoms with Gasteiger partial charge in [0.15, 0.2) is 23.3 Å². The number of rotatable bonds is 14. The van der Waals surface area contributed by atoms with Crippen molar-refractivity contribution in [1.29, 1.82) is 0 Å². The Bertz CT molecular complexity index is 4410. The Morgan fingerprint density at radius 3 is 1.08 bits per heavy atom. The van der Waals surface area contributed by atoms with Crippen molar-refractivity contribution in [3.05, 3.63) is 365 Å². The molecule has 12 aromatic carbocycles. The van der Waals surface area contributed by atoms with Crippen LogP contribution in [-0.2, 0) is 10.8 Å². The van der Waals surface area contributed by atoms with E-state index in [-0.39, 0.29) is 11.1 Å². The Morgan fingerprint density at radius 2 is 0.667 bits per heavy atom. The molecule has 2 aliphatic carbocycles. The van der Waals surface area contributed by atoms with Crippen molar-refractivity contribution in [2.45, 2.75) is 10.8 Å². The van der Waals surface area contributed by atoms with Crippen LogP contribution in [0.25, 0.3) is 45.5 Å². The quantitative estimate of drug-likeness (QED) is 0.0800. The van der Waals surface area contributed by atoms with Crippen LogP contribution in [-0.4, -0.2) is 0 Å². The first-order valence-electron chi connectivity index (χ1n) is 28.2. The smallest absolute Gasteiger partial charge is 0.163 e. The average molecular weight is 1150 g/mol. The molecule has 420 valence electrons. The Hall–Kier alpha value is -10.9. The third-order valence-corrected chi connectivity index (χ3v) is 16.9. The van der Waals surface area contributed by atoms with E-state index in [1.165, 1.54) is 0 Å². The van der Waals surface area contributed by atoms with Crippen molar-refractivity contribution >= 4 is 29.2 Å². The summed E-state index contributed by atoms with van der Waals surface area (Å²) >= 11 is 0. The number of nitrogens with zero attached hydrogens (tertiary/aromatic N) is 1. The van der Waals surface area contributed by atoms with E-state index in [1.807, 2.05) is 193 Å². The first kappa shape index (κ1) is 54.1. The number of anilines is 3. The molecular formula is C78H49F6NO2. The van der Waals surface area contributed by atoms with Crippen molar-refractivity contribution in [1.82, 2.24) is 0 Å². The summed E-state index contributed by atoms with van der Waals surface area (Å²) in [6.45, 7) is 7.69. The number of hydrogen-bond donors (Lipinski definition) is 0. The minimum absolute atomic E-state index is 0.248. The van der Waals surface area contributed by atoms with Gasteiger partial charge in [-0.25, -0.2) is 26.3 Å². The highest BCUT2D eigenvalue weighted by atomic mass is 19.2. The topological polar surface area (TPSA) is 21.7 Å². The molecule has 2 aliphatic rings. The third kappa shape index (κ3) is 9.01. The standard InChI is InChI=1S/C78H49F6NO2/c1-3-48-18-32-59(33-19-48)86-61-36-24-52(25-37-61)77(71-42-54(79)44-73(81)75(71)83)67-16-10-8-14-63(67)65-40-30-57(46-69(65)77)85(56-28-22-51(23-29-56)50-12-6-5-7-13-50)58-31-41-66-64-15-9-11-17-68(64)78(70(66)47-58,72-43-55(80)45-74(82)76(72)84)53-26-38-62(39-27-53)87-60-34-20-49(4-2)21-35-60/h3-47H,1-2H2. The van der Waals surface area contributed by atoms with Gasteiger partial charge in [0.1, 0.15) is 34.6 Å². The number of fused-ring (bicyclic) bond motifs is 6. The molecular weight excluding hydrogens is 1100 g/mol. The van der Waals surface area contributed by atoms with Crippen LogP contribution in [0.4, 0.5) is 43.4 Å². The van der Waals surface area contributed by atoms with Crippen molar-refractivity contribution in [3.8, 4) is 56.4 Å². The lowest BCUT2D eigenvalue weighted by molar-refractivity contribution is 0.473. The zero-order valence-electron chi connectivity index (χ0n) is 46.4. The highest BCUT2D eigenvalue weighted by Gasteiger charge is 2.51. The maximum Gasteiger partial charge on any atom is 0.163 e. The molecule has 0 aliphatic heterocycles. The van der Waals surface area contributed by atoms with Crippen molar-refractivity contribution < 1.29 is 35.8 Å². The molecule has 0 aromatic heterocycles. The highest BCUT2D eigenvalue weighted by molar-refractivity contribution is 5.93. The molecule has 0 N–H and O–H groups in total. The lowest BCUT2D eigenvalue weighted by atomic mass is 9.67. The minimum Gasteiger partial charge on any atom is -0.457 e. The van der Waals surface area contributed by atoms with Gasteiger partial charge < -0.3 is 14.4 Å². The van der Waals surface area contributed by atoms with Crippen LogP contribution in [0.5, 0.6) is 23.0 Å². The number of ether oxygens (including phenoxy) is 2. The van der Waals surface area contributed by atoms with Crippen molar-refractivity contribution in [2.75, 3.05) is 4.90 Å². The van der Waals surface area contributed by atoms with E-state index in [4.69, 9.17) is 9.47 Å². The van der Waals surface area contributed by atoms with E-state index >= 15 is 26.3 Å². The van der Waals surface area contributed by atoms with Crippen LogP contribution in [0.1, 0.15) is 55.6 Å². The van der Waals surface area contributed by atoms with Gasteiger partial charge in [-0.2, -0.15) is 0 Å². The lowest BCUT2D eigenvalue weighted by Crippen LogP contribution is -2.31. The molecule has 2 atom stereocenters. The van der Waals surface area contributed by atoms with Crippen LogP contribution in [0, 0.1) is 34.9 Å². The average Bonchev–Trinajstić information content (AvgIpc) is 1.57. The molecule has 9 heteroatoms. The second-order valence-corrected chi connectivity index (χ2v) is 21.6. The predicted molar refractivity (Wildman–Crippen MR) is 334 cm³/mol. The Kier molecular flexibility index (Phi) is 13.4. The van der Waals surface area contributed by atoms with Crippen LogP contribution in [0.15, 0.2) is 274 Å². The van der Waals surface area contributed by atoms with Gasteiger partial charge in [-0.3, -0.25) is 0 Å². The molecule has 14 rings (SSSR count). The molecule has 0 heterocycles. The molecule has 0 bridgehead atoms. The molecule has 0 fully saturated rings. The molecule has 0 amide bonds. The zero-order chi connectivity index (χ0) is 59.6. The fraction of sp³-hybridized carbons (Fsp3) is 0.0256. The largest absolute Gasteiger partial charge is 0.457 e. The van der Waals surface area contributed by atoms with Crippen LogP contribution in [0.2, 0.25) is 0 Å². The van der Waals surface area contributed by atoms with E-state index in [1.54, 1.807) is 60.7 Å². The van der Waals surface area contributed by atoms with Gasteiger partial charge in [0.05, 0.1) is 10.8 Å². The van der Waals surface area contributed by atoms with Gasteiger partial charge >= 0.3 is 0 Å². The molecule has 3 nitrogen and oxygen atoms in total. The van der Waals surface area contributed by atoms with E-state index in [0.717, 1.165) is 45.5 Å². The maximum absolute atomic E-state index is 17.3. The number of halogens is 6. The number of hydrogen-bond acceptors (Lipinski definition) is 3. The first-order valence-corrected chi connectivity index (χ1v) is 28.2. The van der Waals surface area contributed by atoms with Gasteiger partial charge in [0.2, 0.25) is 0 Å². The summed E-state index contributed by atoms with van der Waals surface area (Å²) in [5.41, 5.74) is 7.64. The van der Waals surface area contributed by atoms with Crippen molar-refractivity contribution in [2.24, 2.45) is 0 Å². The number of benzene rings is 12. The van der Waals surface area contributed by atoms with E-state index < -0.39 is 45.7 Å². The monoisotopic (exact) mass is 1150 g/mol. The van der Waals surface area contributed by atoms with Crippen molar-refractivity contribution in [3.63, 3.8) is 0 Å². The van der Waals surface area contributed by atoms with Gasteiger partial charge in [-0.1, -0.05) is 177 Å². The molecule has 2 unspecified atom stereocenters. The maximum atomic E-state index is 17.3. The minimum atomic E-state index is -1.68. The zero-order valence-corrected chi connectivity index (χ0v) is 46.4. The third-order valence-electron chi connectivity index (χ3n) is 16.9. The molecule has 0 saturated heterocycles. The predicted octanol–water partition coefficient (Wildman–Crippen LogP) is 21.3. The summed E-state index contributed by atoms with van der Waals surface area (Å²) in [5.74, 6) is -5.03. The van der Waals surface area contributed by atoms with Gasteiger partial charge in [0, 0.05) is 40.3 Å². The first-order chi connectivity index (χ1) is 42.5. The van der Waals surface area contributed by atoms with E-state index in [0.29, 0.717) is 96.7 Å². The summed E-state index contributed by atoms with van der Waals surface area (Å²) in [6.07, 6.45) is 3.46. The summed E-state index contributed by atoms with van der Waals surface area (Å²) in [6, 6.07) is 76.6. The summed E-state index contributed by atoms with van der Waals surface area (Å²) < 4.78 is 111. The van der Waals surface area contributed by atoms with Gasteiger partial charge in [-0.15, -0.1) is 0 Å². The van der Waals surface area contributed by atoms with Gasteiger partial charge in [0.25, 0.3) is 0 Å². The summed E-state index contributed by atoms with van der Waals surface area (Å²) in [5, 5.41) is 0. The summed E-state index contributed by atoms with van der Waals surface area (Å²) in [7, 11) is 0. The fourth-order valence-corrected chi connectivity index (χ4v) is 13.0. The highest BCUT2D eigenvalue weighted by Crippen LogP contribution is 2.61. The fourth-order valence-electron chi connectivity index (χ4n) is 13.0. The summed E-state index contributed by atoms with van der Waals surface area (Å²) in [4.78, 5) is 2.00. The van der Waals surface area contributed by atoms with E-state index in [2.05, 4.69) is 13.2 Å². The Balaban J connectivity index is 0.999. The van der Waals surface area contributed by atoms with Gasteiger partial charge in [-0.05, 0) is 175 Å². The molecule has 0 saturated carbocycles. The molecule has 0 radical (unpaired) electrons. The van der Waals surface area contributed by atoms with E-state index in [9.17, 15) is 0 Å². The van der Waals surface area contributed by atoms with Crippen LogP contribution < -0.4 is 14.4 Å².